The van der Waals surface area contributed by atoms with Gasteiger partial charge in [-0.2, -0.15) is 0 Å². The van der Waals surface area contributed by atoms with Crippen LogP contribution in [0.4, 0.5) is 4.39 Å². The number of hydrogen-bond acceptors (Lipinski definition) is 1. The number of aliphatic imine (C=N–C) groups is 1. The molecule has 0 aromatic heterocycles. The van der Waals surface area contributed by atoms with Gasteiger partial charge < -0.3 is 5.73 Å². The van der Waals surface area contributed by atoms with Gasteiger partial charge in [0, 0.05) is 13.5 Å². The summed E-state index contributed by atoms with van der Waals surface area (Å²) in [7, 11) is 1.59. The first-order valence-electron chi connectivity index (χ1n) is 3.68. The quantitative estimate of drug-likeness (QED) is 0.522. The number of amidine groups is 1. The lowest BCUT2D eigenvalue weighted by Gasteiger charge is -2.00. The highest BCUT2D eigenvalue weighted by Gasteiger charge is 2.01. The van der Waals surface area contributed by atoms with Gasteiger partial charge in [-0.25, -0.2) is 4.39 Å². The van der Waals surface area contributed by atoms with E-state index in [9.17, 15) is 4.39 Å². The first-order valence-corrected chi connectivity index (χ1v) is 3.68. The van der Waals surface area contributed by atoms with Gasteiger partial charge in [0.05, 0.1) is 5.84 Å². The average Bonchev–Trinajstić information content (AvgIpc) is 2.09. The van der Waals surface area contributed by atoms with Crippen molar-refractivity contribution in [2.75, 3.05) is 7.05 Å². The second-order valence-electron chi connectivity index (χ2n) is 2.48. The van der Waals surface area contributed by atoms with Crippen LogP contribution in [-0.2, 0) is 6.42 Å². The summed E-state index contributed by atoms with van der Waals surface area (Å²) >= 11 is 0. The molecule has 0 fully saturated rings. The monoisotopic (exact) mass is 166 g/mol. The maximum absolute atomic E-state index is 13.0. The van der Waals surface area contributed by atoms with Gasteiger partial charge in [0.1, 0.15) is 5.82 Å². The van der Waals surface area contributed by atoms with Gasteiger partial charge in [-0.3, -0.25) is 4.99 Å². The molecule has 1 rings (SSSR count). The van der Waals surface area contributed by atoms with Crippen LogP contribution >= 0.6 is 0 Å². The maximum atomic E-state index is 13.0. The Morgan fingerprint density at radius 2 is 2.17 bits per heavy atom. The zero-order valence-corrected chi connectivity index (χ0v) is 6.92. The second kappa shape index (κ2) is 3.85. The van der Waals surface area contributed by atoms with E-state index in [0.29, 0.717) is 17.8 Å². The Kier molecular flexibility index (Phi) is 2.80. The van der Waals surface area contributed by atoms with Crippen molar-refractivity contribution in [2.45, 2.75) is 6.42 Å². The average molecular weight is 166 g/mol. The molecule has 0 radical (unpaired) electrons. The van der Waals surface area contributed by atoms with Crippen LogP contribution < -0.4 is 5.73 Å². The van der Waals surface area contributed by atoms with E-state index < -0.39 is 0 Å². The molecule has 0 atom stereocenters. The number of hydrogen-bond donors (Lipinski definition) is 1. The minimum Gasteiger partial charge on any atom is -0.387 e. The van der Waals surface area contributed by atoms with E-state index in [1.807, 2.05) is 0 Å². The lowest BCUT2D eigenvalue weighted by Crippen LogP contribution is -2.15. The van der Waals surface area contributed by atoms with E-state index >= 15 is 0 Å². The Labute approximate surface area is 70.9 Å². The fraction of sp³-hybridized carbons (Fsp3) is 0.222. The zero-order valence-electron chi connectivity index (χ0n) is 6.92. The minimum absolute atomic E-state index is 0.232. The molecule has 1 aromatic rings. The Hall–Kier alpha value is -1.38. The summed E-state index contributed by atoms with van der Waals surface area (Å²) in [4.78, 5) is 3.75. The molecule has 0 aliphatic rings. The molecule has 0 spiro atoms. The number of rotatable bonds is 2. The van der Waals surface area contributed by atoms with Crippen LogP contribution in [-0.4, -0.2) is 12.9 Å². The van der Waals surface area contributed by atoms with Crippen LogP contribution in [0.5, 0.6) is 0 Å². The van der Waals surface area contributed by atoms with Crippen LogP contribution in [0.1, 0.15) is 5.56 Å². The molecule has 1 aromatic carbocycles. The van der Waals surface area contributed by atoms with E-state index in [4.69, 9.17) is 5.73 Å². The molecule has 0 unspecified atom stereocenters. The summed E-state index contributed by atoms with van der Waals surface area (Å²) in [6, 6.07) is 6.55. The zero-order chi connectivity index (χ0) is 8.97. The molecule has 0 saturated carbocycles. The van der Waals surface area contributed by atoms with Crippen molar-refractivity contribution in [1.82, 2.24) is 0 Å². The van der Waals surface area contributed by atoms with Gasteiger partial charge in [0.2, 0.25) is 0 Å². The van der Waals surface area contributed by atoms with E-state index in [2.05, 4.69) is 4.99 Å². The highest BCUT2D eigenvalue weighted by Crippen LogP contribution is 2.06. The number of halogens is 1. The highest BCUT2D eigenvalue weighted by molar-refractivity contribution is 5.82. The van der Waals surface area contributed by atoms with Crippen molar-refractivity contribution in [1.29, 1.82) is 0 Å². The summed E-state index contributed by atoms with van der Waals surface area (Å²) in [5, 5.41) is 0. The summed E-state index contributed by atoms with van der Waals surface area (Å²) in [6.07, 6.45) is 0.378. The van der Waals surface area contributed by atoms with Crippen LogP contribution in [0.2, 0.25) is 0 Å². The predicted molar refractivity (Wildman–Crippen MR) is 47.7 cm³/mol. The SMILES string of the molecule is CN=C(N)Cc1ccccc1F. The predicted octanol–water partition coefficient (Wildman–Crippen LogP) is 1.36. The third-order valence-corrected chi connectivity index (χ3v) is 1.62. The number of nitrogens with zero attached hydrogens (tertiary/aromatic N) is 1. The van der Waals surface area contributed by atoms with Crippen molar-refractivity contribution in [3.8, 4) is 0 Å². The summed E-state index contributed by atoms with van der Waals surface area (Å²) in [5.74, 6) is 0.212. The molecule has 0 aliphatic carbocycles. The molecule has 0 aliphatic heterocycles. The number of nitrogens with two attached hydrogens (primary N) is 1. The van der Waals surface area contributed by atoms with Gasteiger partial charge in [-0.1, -0.05) is 18.2 Å². The Morgan fingerprint density at radius 1 is 1.50 bits per heavy atom. The summed E-state index contributed by atoms with van der Waals surface area (Å²) in [5.41, 5.74) is 6.04. The van der Waals surface area contributed by atoms with E-state index in [1.54, 1.807) is 25.2 Å². The molecule has 0 heterocycles. The topological polar surface area (TPSA) is 38.4 Å². The fourth-order valence-electron chi connectivity index (χ4n) is 0.916. The third kappa shape index (κ3) is 2.05. The summed E-state index contributed by atoms with van der Waals surface area (Å²) in [6.45, 7) is 0. The van der Waals surface area contributed by atoms with Crippen LogP contribution in [0.25, 0.3) is 0 Å². The standard InChI is InChI=1S/C9H11FN2/c1-12-9(11)6-7-4-2-3-5-8(7)10/h2-5H,6H2,1H3,(H2,11,12). The van der Waals surface area contributed by atoms with Gasteiger partial charge in [-0.15, -0.1) is 0 Å². The van der Waals surface area contributed by atoms with Gasteiger partial charge in [0.25, 0.3) is 0 Å². The van der Waals surface area contributed by atoms with Crippen molar-refractivity contribution in [2.24, 2.45) is 10.7 Å². The highest BCUT2D eigenvalue weighted by atomic mass is 19.1. The van der Waals surface area contributed by atoms with Crippen molar-refractivity contribution < 1.29 is 4.39 Å². The van der Waals surface area contributed by atoms with Crippen LogP contribution in [0.15, 0.2) is 29.3 Å². The largest absolute Gasteiger partial charge is 0.387 e. The third-order valence-electron chi connectivity index (χ3n) is 1.62. The van der Waals surface area contributed by atoms with Gasteiger partial charge in [-0.05, 0) is 11.6 Å². The van der Waals surface area contributed by atoms with E-state index in [-0.39, 0.29) is 5.82 Å². The molecule has 0 bridgehead atoms. The Bertz CT molecular complexity index is 294. The van der Waals surface area contributed by atoms with Crippen LogP contribution in [0, 0.1) is 5.82 Å². The molecule has 0 saturated heterocycles. The molecule has 3 heteroatoms. The molecule has 2 nitrogen and oxygen atoms in total. The molecule has 12 heavy (non-hydrogen) atoms. The molecule has 64 valence electrons. The van der Waals surface area contributed by atoms with Crippen molar-refractivity contribution in [3.63, 3.8) is 0 Å². The lowest BCUT2D eigenvalue weighted by atomic mass is 10.1. The maximum Gasteiger partial charge on any atom is 0.126 e. The lowest BCUT2D eigenvalue weighted by molar-refractivity contribution is 0.616. The van der Waals surface area contributed by atoms with E-state index in [1.165, 1.54) is 6.07 Å². The molecule has 2 N–H and O–H groups in total. The Morgan fingerprint density at radius 3 is 2.75 bits per heavy atom. The first-order chi connectivity index (χ1) is 5.74. The van der Waals surface area contributed by atoms with Gasteiger partial charge in [0.15, 0.2) is 0 Å². The molecular formula is C9H11FN2. The van der Waals surface area contributed by atoms with E-state index in [0.717, 1.165) is 0 Å². The minimum atomic E-state index is -0.232. The second-order valence-corrected chi connectivity index (χ2v) is 2.48. The smallest absolute Gasteiger partial charge is 0.126 e. The van der Waals surface area contributed by atoms with Crippen molar-refractivity contribution in [3.05, 3.63) is 35.6 Å². The number of benzene rings is 1. The summed E-state index contributed by atoms with van der Waals surface area (Å²) < 4.78 is 13.0. The van der Waals surface area contributed by atoms with Gasteiger partial charge >= 0.3 is 0 Å². The molecule has 0 amide bonds. The first kappa shape index (κ1) is 8.71. The molecular weight excluding hydrogens is 155 g/mol. The fourth-order valence-corrected chi connectivity index (χ4v) is 0.916. The van der Waals surface area contributed by atoms with Crippen molar-refractivity contribution >= 4 is 5.84 Å². The normalized spacial score (nSPS) is 11.7. The Balaban J connectivity index is 2.82. The van der Waals surface area contributed by atoms with Crippen LogP contribution in [0.3, 0.4) is 0 Å².